The van der Waals surface area contributed by atoms with Crippen molar-refractivity contribution in [2.45, 2.75) is 24.4 Å². The highest BCUT2D eigenvalue weighted by Crippen LogP contribution is 2.37. The molecule has 0 saturated heterocycles. The van der Waals surface area contributed by atoms with Crippen molar-refractivity contribution in [2.24, 2.45) is 0 Å². The van der Waals surface area contributed by atoms with Crippen LogP contribution in [-0.2, 0) is 22.4 Å². The molecular weight excluding hydrogens is 525 g/mol. The molecule has 32 heavy (non-hydrogen) atoms. The number of thiocarbonyl (C=S) groups is 1. The predicted octanol–water partition coefficient (Wildman–Crippen LogP) is 6.22. The summed E-state index contributed by atoms with van der Waals surface area (Å²) in [6.45, 7) is 1.78. The Labute approximate surface area is 197 Å². The number of rotatable bonds is 5. The number of pyridine rings is 1. The zero-order chi connectivity index (χ0) is 23.7. The van der Waals surface area contributed by atoms with Crippen molar-refractivity contribution in [1.82, 2.24) is 4.98 Å². The molecule has 0 spiro atoms. The quantitative estimate of drug-likeness (QED) is 0.387. The lowest BCUT2D eigenvalue weighted by Crippen LogP contribution is -2.15. The molecule has 0 aliphatic heterocycles. The molecule has 0 aliphatic rings. The Morgan fingerprint density at radius 1 is 1.16 bits per heavy atom. The minimum absolute atomic E-state index is 0.206. The van der Waals surface area contributed by atoms with Crippen molar-refractivity contribution in [2.75, 3.05) is 11.6 Å². The van der Waals surface area contributed by atoms with Crippen molar-refractivity contribution < 1.29 is 21.6 Å². The summed E-state index contributed by atoms with van der Waals surface area (Å²) < 4.78 is 63.5. The molecule has 10 heteroatoms. The smallest absolute Gasteiger partial charge is 0.334 e. The van der Waals surface area contributed by atoms with E-state index in [0.717, 1.165) is 24.0 Å². The lowest BCUT2D eigenvalue weighted by atomic mass is 9.99. The number of nitrogens with one attached hydrogen (secondary N) is 1. The molecule has 1 N–H and O–H groups in total. The summed E-state index contributed by atoms with van der Waals surface area (Å²) in [6, 6.07) is 11.4. The molecule has 0 amide bonds. The van der Waals surface area contributed by atoms with Crippen LogP contribution in [0.2, 0.25) is 0 Å². The number of aromatic nitrogens is 1. The van der Waals surface area contributed by atoms with E-state index < -0.39 is 21.6 Å². The third kappa shape index (κ3) is 5.73. The first-order valence-corrected chi connectivity index (χ1v) is 12.4. The highest BCUT2D eigenvalue weighted by atomic mass is 79.9. The van der Waals surface area contributed by atoms with Crippen molar-refractivity contribution in [3.05, 3.63) is 75.9 Å². The monoisotopic (exact) mass is 542 g/mol. The summed E-state index contributed by atoms with van der Waals surface area (Å²) in [6.07, 6.45) is -1.48. The molecule has 3 rings (SSSR count). The fraction of sp³-hybridized carbons (Fsp3) is 0.182. The molecule has 0 saturated carbocycles. The summed E-state index contributed by atoms with van der Waals surface area (Å²) in [5.74, 6) is 0.336. The van der Waals surface area contributed by atoms with Crippen LogP contribution in [0, 0.1) is 6.92 Å². The van der Waals surface area contributed by atoms with E-state index in [4.69, 9.17) is 12.2 Å². The van der Waals surface area contributed by atoms with Gasteiger partial charge in [-0.1, -0.05) is 36.5 Å². The van der Waals surface area contributed by atoms with E-state index in [1.807, 2.05) is 0 Å². The third-order valence-electron chi connectivity index (χ3n) is 4.73. The van der Waals surface area contributed by atoms with Crippen molar-refractivity contribution >= 4 is 48.8 Å². The lowest BCUT2D eigenvalue weighted by Gasteiger charge is -2.17. The van der Waals surface area contributed by atoms with Gasteiger partial charge in [0.05, 0.1) is 15.4 Å². The van der Waals surface area contributed by atoms with Crippen molar-refractivity contribution in [3.63, 3.8) is 0 Å². The van der Waals surface area contributed by atoms with E-state index in [9.17, 15) is 21.6 Å². The van der Waals surface area contributed by atoms with Gasteiger partial charge in [-0.25, -0.2) is 13.4 Å². The van der Waals surface area contributed by atoms with E-state index >= 15 is 0 Å². The van der Waals surface area contributed by atoms with Crippen LogP contribution in [0.4, 0.5) is 19.0 Å². The van der Waals surface area contributed by atoms with Crippen LogP contribution < -0.4 is 5.32 Å². The topological polar surface area (TPSA) is 59.1 Å². The number of halogens is 4. The van der Waals surface area contributed by atoms with Crippen LogP contribution in [0.1, 0.15) is 16.7 Å². The van der Waals surface area contributed by atoms with Gasteiger partial charge in [-0.15, -0.1) is 0 Å². The first-order valence-electron chi connectivity index (χ1n) is 9.28. The Kier molecular flexibility index (Phi) is 7.06. The minimum Gasteiger partial charge on any atom is -0.334 e. The van der Waals surface area contributed by atoms with Crippen LogP contribution in [-0.4, -0.2) is 24.6 Å². The van der Waals surface area contributed by atoms with E-state index in [2.05, 4.69) is 26.2 Å². The highest BCUT2D eigenvalue weighted by molar-refractivity contribution is 9.10. The Hall–Kier alpha value is -2.30. The third-order valence-corrected chi connectivity index (χ3v) is 6.90. The van der Waals surface area contributed by atoms with Crippen molar-refractivity contribution in [3.8, 4) is 11.1 Å². The maximum absolute atomic E-state index is 13.2. The SMILES string of the molecule is Cc1c(Br)cnc(NC(=S)Cc2ccc(S(C)(=O)=O)cc2)c1-c1cccc(C(F)(F)F)c1. The van der Waals surface area contributed by atoms with Crippen LogP contribution in [0.5, 0.6) is 0 Å². The Balaban J connectivity index is 1.91. The molecule has 2 aromatic carbocycles. The summed E-state index contributed by atoms with van der Waals surface area (Å²) in [5.41, 5.74) is 1.59. The molecule has 0 aliphatic carbocycles. The molecule has 0 unspecified atom stereocenters. The second-order valence-corrected chi connectivity index (χ2v) is 10.5. The maximum Gasteiger partial charge on any atom is 0.416 e. The molecule has 0 radical (unpaired) electrons. The molecule has 3 aromatic rings. The van der Waals surface area contributed by atoms with Gasteiger partial charge in [0.1, 0.15) is 5.82 Å². The van der Waals surface area contributed by atoms with Crippen LogP contribution >= 0.6 is 28.1 Å². The first kappa shape index (κ1) is 24.3. The van der Waals surface area contributed by atoms with Crippen LogP contribution in [0.25, 0.3) is 11.1 Å². The van der Waals surface area contributed by atoms with Crippen molar-refractivity contribution in [1.29, 1.82) is 0 Å². The fourth-order valence-electron chi connectivity index (χ4n) is 3.09. The molecule has 1 heterocycles. The summed E-state index contributed by atoms with van der Waals surface area (Å²) in [4.78, 5) is 4.92. The van der Waals surface area contributed by atoms with Gasteiger partial charge >= 0.3 is 6.18 Å². The average molecular weight is 543 g/mol. The summed E-state index contributed by atoms with van der Waals surface area (Å²) in [5, 5.41) is 3.03. The van der Waals surface area contributed by atoms with Gasteiger partial charge in [-0.3, -0.25) is 0 Å². The Bertz CT molecular complexity index is 1280. The second kappa shape index (κ2) is 9.29. The predicted molar refractivity (Wildman–Crippen MR) is 127 cm³/mol. The van der Waals surface area contributed by atoms with E-state index in [-0.39, 0.29) is 4.90 Å². The zero-order valence-corrected chi connectivity index (χ0v) is 20.2. The second-order valence-electron chi connectivity index (χ2n) is 7.17. The number of benzene rings is 2. The van der Waals surface area contributed by atoms with Gasteiger partial charge in [0.25, 0.3) is 0 Å². The average Bonchev–Trinajstić information content (AvgIpc) is 2.70. The molecule has 0 fully saturated rings. The van der Waals surface area contributed by atoms with Gasteiger partial charge in [-0.05, 0) is 63.8 Å². The number of hydrogen-bond donors (Lipinski definition) is 1. The highest BCUT2D eigenvalue weighted by Gasteiger charge is 2.31. The van der Waals surface area contributed by atoms with Gasteiger partial charge in [0.2, 0.25) is 0 Å². The van der Waals surface area contributed by atoms with Crippen LogP contribution in [0.3, 0.4) is 0 Å². The minimum atomic E-state index is -4.47. The van der Waals surface area contributed by atoms with E-state index in [1.165, 1.54) is 18.2 Å². The molecule has 1 aromatic heterocycles. The van der Waals surface area contributed by atoms with Crippen LogP contribution in [0.15, 0.2) is 64.1 Å². The summed E-state index contributed by atoms with van der Waals surface area (Å²) >= 11 is 8.82. The van der Waals surface area contributed by atoms with Gasteiger partial charge < -0.3 is 5.32 Å². The molecule has 168 valence electrons. The van der Waals surface area contributed by atoms with Gasteiger partial charge in [-0.2, -0.15) is 13.2 Å². The lowest BCUT2D eigenvalue weighted by molar-refractivity contribution is -0.137. The Morgan fingerprint density at radius 2 is 1.81 bits per heavy atom. The molecular formula is C22H18BrF3N2O2S2. The number of anilines is 1. The number of hydrogen-bond acceptors (Lipinski definition) is 4. The number of nitrogens with zero attached hydrogens (tertiary/aromatic N) is 1. The fourth-order valence-corrected chi connectivity index (χ4v) is 4.29. The number of alkyl halides is 3. The summed E-state index contributed by atoms with van der Waals surface area (Å²) in [7, 11) is -3.30. The largest absolute Gasteiger partial charge is 0.416 e. The molecule has 4 nitrogen and oxygen atoms in total. The first-order chi connectivity index (χ1) is 14.9. The van der Waals surface area contributed by atoms with E-state index in [1.54, 1.807) is 31.3 Å². The molecule has 0 bridgehead atoms. The normalized spacial score (nSPS) is 11.9. The maximum atomic E-state index is 13.2. The van der Waals surface area contributed by atoms with Gasteiger partial charge in [0.15, 0.2) is 9.84 Å². The standard InChI is InChI=1S/C22H18BrF3N2O2S2/c1-13-18(23)12-27-21(20(13)15-4-3-5-16(11-15)22(24,25)26)28-19(31)10-14-6-8-17(9-7-14)32(2,29)30/h3-9,11-12H,10H2,1-2H3,(H,27,28,31). The zero-order valence-electron chi connectivity index (χ0n) is 17.0. The van der Waals surface area contributed by atoms with E-state index in [0.29, 0.717) is 38.4 Å². The molecule has 0 atom stereocenters. The number of sulfone groups is 1. The van der Waals surface area contributed by atoms with Gasteiger partial charge in [0, 0.05) is 28.9 Å². The Morgan fingerprint density at radius 3 is 2.41 bits per heavy atom.